The minimum absolute atomic E-state index is 0.0580. The topological polar surface area (TPSA) is 471 Å². The molecule has 0 unspecified atom stereocenters. The van der Waals surface area contributed by atoms with Gasteiger partial charge in [-0.3, -0.25) is 62.8 Å². The van der Waals surface area contributed by atoms with Gasteiger partial charge in [0.25, 0.3) is 17.7 Å². The number of halogens is 10. The summed E-state index contributed by atoms with van der Waals surface area (Å²) in [6, 6.07) is 28.8. The maximum Gasteiger partial charge on any atom is 0.408 e. The Balaban J connectivity index is 0.000000171. The highest BCUT2D eigenvalue weighted by molar-refractivity contribution is 6.30. The largest absolute Gasteiger partial charge is 0.497 e. The highest BCUT2D eigenvalue weighted by Gasteiger charge is 2.61. The van der Waals surface area contributed by atoms with E-state index in [4.69, 9.17) is 39.3 Å². The molecule has 7 aliphatic rings. The van der Waals surface area contributed by atoms with Crippen LogP contribution in [0.15, 0.2) is 183 Å². The zero-order valence-electron chi connectivity index (χ0n) is 78.9. The number of rotatable bonds is 26. The number of ether oxygens (including phenoxy) is 1. The highest BCUT2D eigenvalue weighted by Crippen LogP contribution is 2.43. The quantitative estimate of drug-likeness (QED) is 0.0137. The molecule has 143 heavy (non-hydrogen) atoms. The van der Waals surface area contributed by atoms with Crippen LogP contribution in [0.1, 0.15) is 143 Å². The summed E-state index contributed by atoms with van der Waals surface area (Å²) >= 11 is 5.94. The van der Waals surface area contributed by atoms with Crippen LogP contribution in [-0.2, 0) is 68.9 Å². The molecule has 16 amide bonds. The van der Waals surface area contributed by atoms with Crippen LogP contribution in [-0.4, -0.2) is 207 Å². The Bertz CT molecular complexity index is 5770. The summed E-state index contributed by atoms with van der Waals surface area (Å²) in [5, 5.41) is 12.2. The molecule has 15 rings (SSSR count). The molecule has 8 aromatic rings. The van der Waals surface area contributed by atoms with Gasteiger partial charge in [0.05, 0.1) is 43.9 Å². The van der Waals surface area contributed by atoms with Gasteiger partial charge >= 0.3 is 42.7 Å². The maximum absolute atomic E-state index is 14.0. The molecule has 4 aromatic carbocycles. The highest BCUT2D eigenvalue weighted by atomic mass is 35.5. The van der Waals surface area contributed by atoms with Gasteiger partial charge in [0.2, 0.25) is 29.5 Å². The first-order valence-electron chi connectivity index (χ1n) is 46.8. The lowest BCUT2D eigenvalue weighted by molar-refractivity contribution is -0.171. The van der Waals surface area contributed by atoms with Crippen molar-refractivity contribution < 1.29 is 107 Å². The molecule has 44 heteroatoms. The first kappa shape index (κ1) is 108. The van der Waals surface area contributed by atoms with Gasteiger partial charge in [0, 0.05) is 61.8 Å². The smallest absolute Gasteiger partial charge is 0.408 e. The van der Waals surface area contributed by atoms with Gasteiger partial charge in [-0.15, -0.1) is 0 Å². The number of benzene rings is 4. The van der Waals surface area contributed by atoms with Crippen molar-refractivity contribution in [1.29, 1.82) is 0 Å². The fourth-order valence-electron chi connectivity index (χ4n) is 19.4. The number of β-lactam (4-membered cyclic amide) rings is 4. The first-order valence-corrected chi connectivity index (χ1v) is 47.2. The van der Waals surface area contributed by atoms with E-state index in [1.165, 1.54) is 62.8 Å². The molecule has 8 heterocycles. The van der Waals surface area contributed by atoms with E-state index < -0.39 is 174 Å². The van der Waals surface area contributed by atoms with Crippen molar-refractivity contribution in [2.24, 2.45) is 41.4 Å². The van der Waals surface area contributed by atoms with E-state index in [2.05, 4.69) is 46.2 Å². The van der Waals surface area contributed by atoms with E-state index in [0.717, 1.165) is 40.9 Å². The van der Waals surface area contributed by atoms with Crippen molar-refractivity contribution in [2.75, 3.05) is 67.6 Å². The van der Waals surface area contributed by atoms with Crippen molar-refractivity contribution >= 4 is 118 Å². The molecule has 0 radical (unpaired) electrons. The third-order valence-corrected chi connectivity index (χ3v) is 26.9. The summed E-state index contributed by atoms with van der Waals surface area (Å²) in [4.78, 5) is 183. The number of pyridine rings is 4. The summed E-state index contributed by atoms with van der Waals surface area (Å²) in [6.07, 6.45) is 0.645. The number of alkyl halides is 9. The van der Waals surface area contributed by atoms with Gasteiger partial charge in [-0.05, 0) is 219 Å². The molecule has 34 nitrogen and oxygen atoms in total. The third kappa shape index (κ3) is 26.6. The lowest BCUT2D eigenvalue weighted by atomic mass is 9.81. The van der Waals surface area contributed by atoms with Crippen molar-refractivity contribution in [1.82, 2.24) is 71.6 Å². The van der Waals surface area contributed by atoms with Crippen LogP contribution in [0.25, 0.3) is 0 Å². The Kier molecular flexibility index (Phi) is 36.1. The number of likely N-dealkylation sites (tertiary alicyclic amines) is 4. The number of nitrogens with two attached hydrogens (primary N) is 4. The van der Waals surface area contributed by atoms with E-state index in [1.54, 1.807) is 104 Å². The second-order valence-corrected chi connectivity index (χ2v) is 36.5. The second kappa shape index (κ2) is 48.0. The molecule has 764 valence electrons. The van der Waals surface area contributed by atoms with Crippen molar-refractivity contribution in [2.45, 2.75) is 196 Å². The summed E-state index contributed by atoms with van der Waals surface area (Å²) in [5.74, 6) is -9.37. The number of nitrogens with zero attached hydrogens (tertiary/aromatic N) is 10. The number of methoxy groups -OCH3 is 1. The average molecular weight is 2010 g/mol. The zero-order chi connectivity index (χ0) is 103. The monoisotopic (exact) mass is 2010 g/mol. The predicted octanol–water partition coefficient (Wildman–Crippen LogP) is 13.1. The molecule has 4 aromatic heterocycles. The standard InChI is InChI=1S/C27H32F3N5O4.C26H29ClF3N5O3.C26H27N5O3.C20H26F3N5O4/c1-34(18-8-10-19(39-2)11-9-18)25(37)22-20(14-16-12-13-32-21(31)15-16)24(36)35(22)26(38)33-23(27(28,29)30)17-6-4-3-5-7-17;1-34(18-9-7-17(27)8-10-18)24(37)21-19(13-15-11-12-32-20(31)14-15)23(36)35(21)25(38)33-22(26(28,29)30)16-5-3-2-4-6-16;1-2-28-24(32)23-20(15-17-13-14-29-21(27)16-17)25(33)31(23)26(34)30-22(18-9-5-3-6-10-18)19-11-7-4-8-12-19;1-32-27-17(29)15-13(9-11-7-8-25-14(24)10-11)18(30)28(15)19(31)26-16(20(21,22)23)12-5-3-2-4-6-12/h8-13,15,17,20,22-23H,3-7,14H2,1-2H3,(H2,31,32)(H,33,38);7-12,14,16,19,21-22H,2-6,13H2,1H3,(H2,31,32)(H,33,38);3-14,16,20,22-23H,2,15H2,1H3,(H2,27,29)(H,28,32)(H,30,34);7-8,10,12-13,15-16H,2-6,9H2,1H3,(H2,24,25)(H,26,31)(H,27,29)/t20-,22+,23+;19-,21+,22+;20-,23+;13-,15+,16+/m1111/s1. The van der Waals surface area contributed by atoms with Gasteiger partial charge in [0.15, 0.2) is 0 Å². The lowest BCUT2D eigenvalue weighted by Gasteiger charge is -2.46. The number of carbonyl (C=O) groups excluding carboxylic acids is 12. The molecule has 7 fully saturated rings. The van der Waals surface area contributed by atoms with Crippen LogP contribution in [0, 0.1) is 41.4 Å². The van der Waals surface area contributed by atoms with Crippen LogP contribution in [0.3, 0.4) is 0 Å². The number of hydrogen-bond acceptors (Lipinski definition) is 22. The summed E-state index contributed by atoms with van der Waals surface area (Å²) in [6.45, 7) is 2.19. The molecule has 11 atom stereocenters. The van der Waals surface area contributed by atoms with Gasteiger partial charge in [-0.25, -0.2) is 44.6 Å². The fourth-order valence-corrected chi connectivity index (χ4v) is 19.5. The molecule has 3 saturated carbocycles. The van der Waals surface area contributed by atoms with E-state index in [-0.39, 0.29) is 49.0 Å². The molecule has 3 aliphatic carbocycles. The van der Waals surface area contributed by atoms with Crippen molar-refractivity contribution in [3.63, 3.8) is 0 Å². The Morgan fingerprint density at radius 2 is 0.692 bits per heavy atom. The third-order valence-electron chi connectivity index (χ3n) is 26.7. The van der Waals surface area contributed by atoms with Gasteiger partial charge in [-0.2, -0.15) is 39.5 Å². The van der Waals surface area contributed by atoms with Gasteiger partial charge in [-0.1, -0.05) is 130 Å². The minimum atomic E-state index is -4.70. The Labute approximate surface area is 823 Å². The van der Waals surface area contributed by atoms with Gasteiger partial charge in [0.1, 0.15) is 71.3 Å². The number of hydrogen-bond donors (Lipinski definition) is 10. The first-order chi connectivity index (χ1) is 68.1. The maximum atomic E-state index is 14.0. The van der Waals surface area contributed by atoms with Crippen LogP contribution < -0.4 is 69.5 Å². The number of likely N-dealkylation sites (N-methyl/N-ethyl adjacent to an activating group) is 3. The lowest BCUT2D eigenvalue weighted by Crippen LogP contribution is -2.71. The normalized spacial score (nSPS) is 20.4. The SMILES string of the molecule is CCNC(=O)[C@@H]1[C@@H](Cc2ccnc(N)c2)C(=O)N1C(=O)NC(c1ccccc1)c1ccccc1.CN(C(=O)[C@@H]1[C@@H](Cc2ccnc(N)c2)C(=O)N1C(=O)N[C@@H](C1CCCCC1)C(F)(F)F)c1ccc(Cl)cc1.CONC(=O)[C@@H]1[C@@H](Cc2ccnc(N)c2)C(=O)N1C(=O)N[C@@H](C1CCCCC1)C(F)(F)F.COc1ccc(N(C)C(=O)[C@@H]2[C@@H](Cc3ccnc(N)c3)C(=O)N2C(=O)N[C@@H](C2CCCCC2)C(F)(F)F)cc1. The van der Waals surface area contributed by atoms with Crippen molar-refractivity contribution in [3.05, 3.63) is 221 Å². The Hall–Kier alpha value is -14.3. The number of urea groups is 4. The Morgan fingerprint density at radius 3 is 0.979 bits per heavy atom. The van der Waals surface area contributed by atoms with Crippen LogP contribution in [0.2, 0.25) is 5.02 Å². The van der Waals surface area contributed by atoms with E-state index >= 15 is 0 Å². The predicted molar refractivity (Wildman–Crippen MR) is 509 cm³/mol. The molecule has 0 bridgehead atoms. The number of nitrogens with one attached hydrogen (secondary N) is 6. The fraction of sp³-hybridized carbons (Fsp3) is 0.434. The summed E-state index contributed by atoms with van der Waals surface area (Å²) in [7, 11) is 5.61. The van der Waals surface area contributed by atoms with E-state index in [9.17, 15) is 97.0 Å². The second-order valence-electron chi connectivity index (χ2n) is 36.0. The number of hydroxylamine groups is 1. The van der Waals surface area contributed by atoms with Gasteiger partial charge < -0.3 is 64.1 Å². The molecule has 0 spiro atoms. The van der Waals surface area contributed by atoms with Crippen molar-refractivity contribution in [3.8, 4) is 5.75 Å². The summed E-state index contributed by atoms with van der Waals surface area (Å²) < 4.78 is 130. The molecule has 4 saturated heterocycles. The minimum Gasteiger partial charge on any atom is -0.497 e. The number of anilines is 6. The molecular weight excluding hydrogens is 1900 g/mol. The zero-order valence-corrected chi connectivity index (χ0v) is 79.7. The van der Waals surface area contributed by atoms with E-state index in [1.807, 2.05) is 71.3 Å². The summed E-state index contributed by atoms with van der Waals surface area (Å²) in [5.41, 5.74) is 30.2. The van der Waals surface area contributed by atoms with E-state index in [0.29, 0.717) is 143 Å². The average Bonchev–Trinajstić information content (AvgIpc) is 0.743. The molecular formula is C99H114ClF9N20O14. The molecule has 14 N–H and O–H groups in total. The molecule has 4 aliphatic heterocycles. The number of aromatic nitrogens is 4. The van der Waals surface area contributed by atoms with Crippen LogP contribution in [0.5, 0.6) is 5.75 Å². The number of nitrogen functional groups attached to an aromatic ring is 4. The van der Waals surface area contributed by atoms with Crippen LogP contribution in [0.4, 0.5) is 93.3 Å². The Morgan fingerprint density at radius 1 is 0.406 bits per heavy atom. The number of imide groups is 4. The van der Waals surface area contributed by atoms with Crippen LogP contribution >= 0.6 is 11.6 Å². The number of carbonyl (C=O) groups is 12. The number of amides is 16.